The second kappa shape index (κ2) is 15.7. The first-order valence-corrected chi connectivity index (χ1v) is 18.9. The maximum atomic E-state index is 12.7. The van der Waals surface area contributed by atoms with Crippen molar-refractivity contribution in [2.75, 3.05) is 39.3 Å². The standard InChI is InChI=1S/C40H62N2O4.2BrH/c1-7-9-21-42(24-14-11-15-25-42)35-27-34-32-17-16-31-26-37(45-29(3)43)36(41(20-8-2)22-12-10-13-23-41)28-40(31,6)33(32)18-19-39(34,5)38(35)46-30(4)44;;/h1-2,31-38H,9-28H2,3-6H3;2*1H/q+2;;/p-2/t31?,32?,33?,34?,35?,36?,37-,38?,39?,40?;;/m0../s1. The van der Waals surface area contributed by atoms with Crippen molar-refractivity contribution in [2.45, 2.75) is 142 Å². The minimum atomic E-state index is -0.148. The van der Waals surface area contributed by atoms with Crippen LogP contribution in [0.1, 0.15) is 118 Å². The Bertz CT molecular complexity index is 1230. The highest BCUT2D eigenvalue weighted by Crippen LogP contribution is 2.68. The lowest BCUT2D eigenvalue weighted by Crippen LogP contribution is -3.00. The Morgan fingerprint density at radius 1 is 0.750 bits per heavy atom. The van der Waals surface area contributed by atoms with E-state index in [1.54, 1.807) is 13.8 Å². The summed E-state index contributed by atoms with van der Waals surface area (Å²) < 4.78 is 14.7. The summed E-state index contributed by atoms with van der Waals surface area (Å²) in [5.41, 5.74) is 0.191. The molecule has 6 nitrogen and oxygen atoms in total. The Morgan fingerprint density at radius 2 is 1.38 bits per heavy atom. The van der Waals surface area contributed by atoms with Crippen LogP contribution in [-0.4, -0.2) is 84.5 Å². The molecule has 6 fully saturated rings. The number of fused-ring (bicyclic) bond motifs is 5. The molecule has 6 rings (SSSR count). The van der Waals surface area contributed by atoms with Crippen LogP contribution in [0, 0.1) is 59.2 Å². The summed E-state index contributed by atoms with van der Waals surface area (Å²) in [7, 11) is 0. The lowest BCUT2D eigenvalue weighted by atomic mass is 9.44. The van der Waals surface area contributed by atoms with Gasteiger partial charge >= 0.3 is 11.9 Å². The molecule has 0 aromatic rings. The van der Waals surface area contributed by atoms with E-state index in [0.29, 0.717) is 29.7 Å². The minimum absolute atomic E-state index is 0. The first kappa shape index (κ1) is 39.7. The fourth-order valence-electron chi connectivity index (χ4n) is 13.1. The van der Waals surface area contributed by atoms with E-state index in [1.165, 1.54) is 57.8 Å². The minimum Gasteiger partial charge on any atom is -1.00 e. The summed E-state index contributed by atoms with van der Waals surface area (Å²) in [5, 5.41) is 0. The van der Waals surface area contributed by atoms with Crippen LogP contribution >= 0.6 is 0 Å². The van der Waals surface area contributed by atoms with Crippen molar-refractivity contribution in [3.8, 4) is 24.7 Å². The number of carbonyl (C=O) groups excluding carboxylic acids is 2. The SMILES string of the molecule is C#CCC[N+]1(C2CC3C4CCC5C[C@H](OC(C)=O)C([N+]6(CC#C)CCCCC6)CC5(C)C4CCC3(C)C2OC(C)=O)CCCCC1.[Br-].[Br-]. The zero-order valence-corrected chi connectivity index (χ0v) is 33.4. The number of ether oxygens (including phenoxy) is 2. The Morgan fingerprint density at radius 3 is 1.96 bits per heavy atom. The van der Waals surface area contributed by atoms with Gasteiger partial charge in [-0.1, -0.05) is 13.8 Å². The number of rotatable bonds is 7. The molecule has 0 spiro atoms. The summed E-state index contributed by atoms with van der Waals surface area (Å²) in [5.74, 6) is 8.15. The van der Waals surface area contributed by atoms with E-state index in [4.69, 9.17) is 22.3 Å². The fraction of sp³-hybridized carbons (Fsp3) is 0.850. The van der Waals surface area contributed by atoms with Crippen LogP contribution in [0.4, 0.5) is 0 Å². The molecular formula is C40H62Br2N2O4. The third-order valence-electron chi connectivity index (χ3n) is 15.1. The molecule has 4 saturated carbocycles. The van der Waals surface area contributed by atoms with Crippen LogP contribution in [0.25, 0.3) is 0 Å². The monoisotopic (exact) mass is 792 g/mol. The van der Waals surface area contributed by atoms with Crippen LogP contribution in [0.2, 0.25) is 0 Å². The summed E-state index contributed by atoms with van der Waals surface area (Å²) in [4.78, 5) is 25.2. The van der Waals surface area contributed by atoms with Crippen LogP contribution < -0.4 is 34.0 Å². The van der Waals surface area contributed by atoms with Gasteiger partial charge in [0.2, 0.25) is 0 Å². The van der Waals surface area contributed by atoms with Gasteiger partial charge in [-0.25, -0.2) is 0 Å². The number of terminal acetylenes is 2. The highest BCUT2D eigenvalue weighted by molar-refractivity contribution is 5.66. The molecule has 0 bridgehead atoms. The topological polar surface area (TPSA) is 52.6 Å². The van der Waals surface area contributed by atoms with E-state index in [2.05, 4.69) is 25.7 Å². The Hall–Kier alpha value is -1.06. The van der Waals surface area contributed by atoms with Crippen LogP contribution in [0.3, 0.4) is 0 Å². The molecule has 0 N–H and O–H groups in total. The molecule has 48 heavy (non-hydrogen) atoms. The van der Waals surface area contributed by atoms with Gasteiger partial charge in [0, 0.05) is 32.1 Å². The van der Waals surface area contributed by atoms with E-state index >= 15 is 0 Å². The average molecular weight is 795 g/mol. The molecule has 0 amide bonds. The fourth-order valence-corrected chi connectivity index (χ4v) is 13.1. The number of quaternary nitrogens is 2. The van der Waals surface area contributed by atoms with Crippen molar-refractivity contribution in [2.24, 2.45) is 34.5 Å². The predicted molar refractivity (Wildman–Crippen MR) is 181 cm³/mol. The zero-order valence-electron chi connectivity index (χ0n) is 30.2. The van der Waals surface area contributed by atoms with Crippen molar-refractivity contribution in [3.05, 3.63) is 0 Å². The Kier molecular flexibility index (Phi) is 13.0. The second-order valence-electron chi connectivity index (χ2n) is 17.2. The van der Waals surface area contributed by atoms with Crippen molar-refractivity contribution < 1.29 is 62.0 Å². The van der Waals surface area contributed by atoms with Crippen LogP contribution in [0.15, 0.2) is 0 Å². The molecule has 0 aromatic heterocycles. The van der Waals surface area contributed by atoms with Crippen molar-refractivity contribution in [1.82, 2.24) is 0 Å². The molecule has 10 atom stereocenters. The average Bonchev–Trinajstić information content (AvgIpc) is 3.33. The number of hydrogen-bond donors (Lipinski definition) is 0. The van der Waals surface area contributed by atoms with Crippen molar-refractivity contribution in [1.29, 1.82) is 0 Å². The number of carbonyl (C=O) groups is 2. The lowest BCUT2D eigenvalue weighted by Gasteiger charge is -2.63. The summed E-state index contributed by atoms with van der Waals surface area (Å²) in [6.07, 6.45) is 28.1. The van der Waals surface area contributed by atoms with E-state index < -0.39 is 0 Å². The predicted octanol–water partition coefficient (Wildman–Crippen LogP) is 0.515. The van der Waals surface area contributed by atoms with Gasteiger partial charge in [-0.3, -0.25) is 9.59 Å². The summed E-state index contributed by atoms with van der Waals surface area (Å²) >= 11 is 0. The van der Waals surface area contributed by atoms with E-state index in [9.17, 15) is 9.59 Å². The van der Waals surface area contributed by atoms with Gasteiger partial charge in [0.1, 0.15) is 18.6 Å². The number of likely N-dealkylation sites (tertiary alicyclic amines) is 2. The number of nitrogens with zero attached hydrogens (tertiary/aromatic N) is 2. The molecule has 270 valence electrons. The largest absolute Gasteiger partial charge is 1.00 e. The zero-order chi connectivity index (χ0) is 32.7. The third-order valence-corrected chi connectivity index (χ3v) is 15.1. The maximum absolute atomic E-state index is 12.7. The highest BCUT2D eigenvalue weighted by Gasteiger charge is 2.68. The molecular weight excluding hydrogens is 732 g/mol. The number of hydrogen-bond acceptors (Lipinski definition) is 4. The van der Waals surface area contributed by atoms with Gasteiger partial charge in [0.25, 0.3) is 0 Å². The smallest absolute Gasteiger partial charge is 0.303 e. The lowest BCUT2D eigenvalue weighted by molar-refractivity contribution is -0.957. The van der Waals surface area contributed by atoms with Gasteiger partial charge in [-0.15, -0.1) is 18.8 Å². The quantitative estimate of drug-likeness (QED) is 0.215. The van der Waals surface area contributed by atoms with E-state index in [-0.39, 0.29) is 75.0 Å². The summed E-state index contributed by atoms with van der Waals surface area (Å²) in [6, 6.07) is 0.603. The second-order valence-corrected chi connectivity index (χ2v) is 17.2. The molecule has 2 aliphatic heterocycles. The van der Waals surface area contributed by atoms with Crippen LogP contribution in [-0.2, 0) is 19.1 Å². The highest BCUT2D eigenvalue weighted by atomic mass is 79.9. The number of piperidine rings is 2. The third kappa shape index (κ3) is 6.92. The molecule has 8 heteroatoms. The van der Waals surface area contributed by atoms with Gasteiger partial charge in [-0.05, 0) is 106 Å². The first-order chi connectivity index (χ1) is 22.0. The van der Waals surface area contributed by atoms with E-state index in [0.717, 1.165) is 80.3 Å². The Labute approximate surface area is 312 Å². The van der Waals surface area contributed by atoms with Gasteiger partial charge in [-0.2, -0.15) is 0 Å². The van der Waals surface area contributed by atoms with Crippen molar-refractivity contribution >= 4 is 11.9 Å². The molecule has 2 saturated heterocycles. The number of halogens is 2. The van der Waals surface area contributed by atoms with Crippen molar-refractivity contribution in [3.63, 3.8) is 0 Å². The van der Waals surface area contributed by atoms with Crippen LogP contribution in [0.5, 0.6) is 0 Å². The van der Waals surface area contributed by atoms with E-state index in [1.807, 2.05) is 0 Å². The molecule has 0 aromatic carbocycles. The van der Waals surface area contributed by atoms with Gasteiger partial charge < -0.3 is 52.4 Å². The molecule has 2 heterocycles. The van der Waals surface area contributed by atoms with Gasteiger partial charge in [0.15, 0.2) is 12.2 Å². The maximum Gasteiger partial charge on any atom is 0.303 e. The molecule has 6 aliphatic rings. The summed E-state index contributed by atoms with van der Waals surface area (Å²) in [6.45, 7) is 14.6. The molecule has 9 unspecified atom stereocenters. The normalized spacial score (nSPS) is 40.9. The molecule has 4 aliphatic carbocycles. The molecule has 0 radical (unpaired) electrons. The first-order valence-electron chi connectivity index (χ1n) is 18.9. The number of esters is 2. The Balaban J connectivity index is 0.00000260. The van der Waals surface area contributed by atoms with Gasteiger partial charge in [0.05, 0.1) is 39.1 Å².